The molecule has 4 nitrogen and oxygen atoms in total. The van der Waals surface area contributed by atoms with Crippen molar-refractivity contribution in [2.45, 2.75) is 6.42 Å². The maximum absolute atomic E-state index is 11.7. The minimum Gasteiger partial charge on any atom is -0.353 e. The minimum atomic E-state index is -3.02. The van der Waals surface area contributed by atoms with Crippen LogP contribution < -0.4 is 5.32 Å². The van der Waals surface area contributed by atoms with Crippen LogP contribution in [0.4, 0.5) is 4.39 Å². The first kappa shape index (κ1) is 10.4. The lowest BCUT2D eigenvalue weighted by Gasteiger charge is -2.06. The first-order chi connectivity index (χ1) is 6.05. The van der Waals surface area contributed by atoms with Gasteiger partial charge in [-0.1, -0.05) is 0 Å². The number of halogens is 1. The van der Waals surface area contributed by atoms with Crippen LogP contribution >= 0.6 is 0 Å². The van der Waals surface area contributed by atoms with Crippen molar-refractivity contribution in [3.63, 3.8) is 0 Å². The van der Waals surface area contributed by atoms with Gasteiger partial charge in [-0.2, -0.15) is 0 Å². The highest BCUT2D eigenvalue weighted by molar-refractivity contribution is 7.91. The Morgan fingerprint density at radius 1 is 1.54 bits per heavy atom. The molecule has 0 bridgehead atoms. The molecule has 1 atom stereocenters. The Morgan fingerprint density at radius 3 is 2.69 bits per heavy atom. The Morgan fingerprint density at radius 2 is 2.23 bits per heavy atom. The number of hydrogen-bond acceptors (Lipinski definition) is 3. The zero-order valence-corrected chi connectivity index (χ0v) is 7.94. The Kier molecular flexibility index (Phi) is 3.24. The Balaban J connectivity index is 2.42. The molecular formula is C7H12FNO3S. The van der Waals surface area contributed by atoms with Crippen LogP contribution in [0.2, 0.25) is 0 Å². The zero-order valence-electron chi connectivity index (χ0n) is 7.12. The molecule has 0 aromatic heterocycles. The lowest BCUT2D eigenvalue weighted by atomic mass is 10.1. The number of alkyl halides is 1. The van der Waals surface area contributed by atoms with E-state index >= 15 is 0 Å². The second-order valence-electron chi connectivity index (χ2n) is 3.08. The molecule has 1 N–H and O–H groups in total. The van der Waals surface area contributed by atoms with Crippen LogP contribution in [0.25, 0.3) is 0 Å². The van der Waals surface area contributed by atoms with Gasteiger partial charge >= 0.3 is 0 Å². The monoisotopic (exact) mass is 209 g/mol. The number of hydrogen-bond donors (Lipinski definition) is 1. The van der Waals surface area contributed by atoms with E-state index in [0.717, 1.165) is 0 Å². The second-order valence-corrected chi connectivity index (χ2v) is 5.31. The van der Waals surface area contributed by atoms with Gasteiger partial charge in [0.05, 0.1) is 17.4 Å². The van der Waals surface area contributed by atoms with Gasteiger partial charge in [0.1, 0.15) is 6.67 Å². The maximum Gasteiger partial charge on any atom is 0.224 e. The smallest absolute Gasteiger partial charge is 0.224 e. The standard InChI is InChI=1S/C7H12FNO3S/c8-2-3-9-7(10)6-1-4-13(11,12)5-6/h6H,1-5H2,(H,9,10). The second kappa shape index (κ2) is 4.04. The number of amides is 1. The molecular weight excluding hydrogens is 197 g/mol. The molecule has 0 radical (unpaired) electrons. The summed E-state index contributed by atoms with van der Waals surface area (Å²) in [4.78, 5) is 11.1. The summed E-state index contributed by atoms with van der Waals surface area (Å²) in [6.07, 6.45) is 0.362. The van der Waals surface area contributed by atoms with Gasteiger partial charge in [-0.25, -0.2) is 12.8 Å². The summed E-state index contributed by atoms with van der Waals surface area (Å²) in [7, 11) is -3.02. The quantitative estimate of drug-likeness (QED) is 0.682. The van der Waals surface area contributed by atoms with Gasteiger partial charge in [0, 0.05) is 6.54 Å². The van der Waals surface area contributed by atoms with Crippen molar-refractivity contribution >= 4 is 15.7 Å². The topological polar surface area (TPSA) is 63.2 Å². The Bertz CT molecular complexity index is 288. The third-order valence-electron chi connectivity index (χ3n) is 2.00. The van der Waals surface area contributed by atoms with E-state index in [4.69, 9.17) is 0 Å². The molecule has 0 aromatic rings. The summed E-state index contributed by atoms with van der Waals surface area (Å²) >= 11 is 0. The van der Waals surface area contributed by atoms with Crippen LogP contribution in [0.5, 0.6) is 0 Å². The summed E-state index contributed by atoms with van der Waals surface area (Å²) in [6.45, 7) is -0.652. The average Bonchev–Trinajstić information content (AvgIpc) is 2.42. The fourth-order valence-corrected chi connectivity index (χ4v) is 3.06. The lowest BCUT2D eigenvalue weighted by molar-refractivity contribution is -0.124. The number of carbonyl (C=O) groups is 1. The van der Waals surface area contributed by atoms with Crippen molar-refractivity contribution in [3.8, 4) is 0 Å². The van der Waals surface area contributed by atoms with E-state index < -0.39 is 22.4 Å². The van der Waals surface area contributed by atoms with E-state index in [-0.39, 0.29) is 24.0 Å². The predicted octanol–water partition coefficient (Wildman–Crippen LogP) is -0.493. The summed E-state index contributed by atoms with van der Waals surface area (Å²) in [6, 6.07) is 0. The molecule has 1 rings (SSSR count). The lowest BCUT2D eigenvalue weighted by Crippen LogP contribution is -2.32. The third-order valence-corrected chi connectivity index (χ3v) is 3.76. The highest BCUT2D eigenvalue weighted by Crippen LogP contribution is 2.18. The number of carbonyl (C=O) groups excluding carboxylic acids is 1. The molecule has 6 heteroatoms. The largest absolute Gasteiger partial charge is 0.353 e. The van der Waals surface area contributed by atoms with Gasteiger partial charge in [-0.15, -0.1) is 0 Å². The molecule has 0 aliphatic carbocycles. The Hall–Kier alpha value is -0.650. The SMILES string of the molecule is O=C(NCCF)C1CCS(=O)(=O)C1. The molecule has 0 aromatic carbocycles. The third kappa shape index (κ3) is 2.95. The van der Waals surface area contributed by atoms with Crippen LogP contribution in [0, 0.1) is 5.92 Å². The van der Waals surface area contributed by atoms with Gasteiger partial charge in [0.15, 0.2) is 9.84 Å². The summed E-state index contributed by atoms with van der Waals surface area (Å²) in [5.74, 6) is -0.846. The van der Waals surface area contributed by atoms with E-state index in [1.807, 2.05) is 0 Å². The van der Waals surface area contributed by atoms with Crippen molar-refractivity contribution in [3.05, 3.63) is 0 Å². The molecule has 1 saturated heterocycles. The average molecular weight is 209 g/mol. The molecule has 1 amide bonds. The molecule has 0 spiro atoms. The van der Waals surface area contributed by atoms with E-state index in [1.165, 1.54) is 0 Å². The molecule has 1 aliphatic rings. The highest BCUT2D eigenvalue weighted by atomic mass is 32.2. The van der Waals surface area contributed by atoms with Crippen LogP contribution in [-0.4, -0.2) is 39.1 Å². The molecule has 1 fully saturated rings. The number of nitrogens with one attached hydrogen (secondary N) is 1. The minimum absolute atomic E-state index is 0.0324. The summed E-state index contributed by atoms with van der Waals surface area (Å²) in [5.41, 5.74) is 0. The van der Waals surface area contributed by atoms with Gasteiger partial charge < -0.3 is 5.32 Å². The molecule has 1 heterocycles. The maximum atomic E-state index is 11.7. The predicted molar refractivity (Wildman–Crippen MR) is 45.7 cm³/mol. The fourth-order valence-electron chi connectivity index (χ4n) is 1.32. The van der Waals surface area contributed by atoms with Gasteiger partial charge in [-0.05, 0) is 6.42 Å². The first-order valence-electron chi connectivity index (χ1n) is 4.09. The van der Waals surface area contributed by atoms with Gasteiger partial charge in [0.25, 0.3) is 0 Å². The molecule has 76 valence electrons. The van der Waals surface area contributed by atoms with Crippen LogP contribution in [0.15, 0.2) is 0 Å². The first-order valence-corrected chi connectivity index (χ1v) is 5.91. The van der Waals surface area contributed by atoms with Crippen molar-refractivity contribution in [2.75, 3.05) is 24.7 Å². The van der Waals surface area contributed by atoms with Crippen molar-refractivity contribution in [1.82, 2.24) is 5.32 Å². The van der Waals surface area contributed by atoms with Gasteiger partial charge in [-0.3, -0.25) is 4.79 Å². The Labute approximate surface area is 76.4 Å². The van der Waals surface area contributed by atoms with E-state index in [0.29, 0.717) is 6.42 Å². The molecule has 0 saturated carbocycles. The van der Waals surface area contributed by atoms with Crippen molar-refractivity contribution in [2.24, 2.45) is 5.92 Å². The van der Waals surface area contributed by atoms with Crippen molar-refractivity contribution < 1.29 is 17.6 Å². The van der Waals surface area contributed by atoms with Crippen LogP contribution in [0.3, 0.4) is 0 Å². The zero-order chi connectivity index (χ0) is 9.90. The van der Waals surface area contributed by atoms with E-state index in [2.05, 4.69) is 5.32 Å². The fraction of sp³-hybridized carbons (Fsp3) is 0.857. The number of rotatable bonds is 3. The van der Waals surface area contributed by atoms with Crippen LogP contribution in [0.1, 0.15) is 6.42 Å². The molecule has 13 heavy (non-hydrogen) atoms. The van der Waals surface area contributed by atoms with E-state index in [1.54, 1.807) is 0 Å². The molecule has 1 aliphatic heterocycles. The van der Waals surface area contributed by atoms with Gasteiger partial charge in [0.2, 0.25) is 5.91 Å². The highest BCUT2D eigenvalue weighted by Gasteiger charge is 2.32. The normalized spacial score (nSPS) is 25.8. The molecule has 1 unspecified atom stereocenters. The van der Waals surface area contributed by atoms with Crippen molar-refractivity contribution in [1.29, 1.82) is 0 Å². The van der Waals surface area contributed by atoms with E-state index in [9.17, 15) is 17.6 Å². The summed E-state index contributed by atoms with van der Waals surface area (Å²) < 4.78 is 33.6. The van der Waals surface area contributed by atoms with Crippen LogP contribution in [-0.2, 0) is 14.6 Å². The summed E-state index contributed by atoms with van der Waals surface area (Å²) in [5, 5.41) is 2.33. The number of sulfone groups is 1.